The minimum Gasteiger partial charge on any atom is -0.369 e. The zero-order valence-corrected chi connectivity index (χ0v) is 22.4. The van der Waals surface area contributed by atoms with Crippen molar-refractivity contribution in [1.29, 1.82) is 0 Å². The second-order valence-corrected chi connectivity index (χ2v) is 10.2. The summed E-state index contributed by atoms with van der Waals surface area (Å²) in [6.45, 7) is 11.5. The molecule has 1 aliphatic heterocycles. The van der Waals surface area contributed by atoms with Crippen LogP contribution in [0.2, 0.25) is 0 Å². The molecule has 3 N–H and O–H groups in total. The fraction of sp³-hybridized carbons (Fsp3) is 0.379. The number of piperazine rings is 1. The molecule has 5 rings (SSSR count). The Labute approximate surface area is 224 Å². The van der Waals surface area contributed by atoms with Crippen LogP contribution in [-0.4, -0.2) is 65.0 Å². The molecule has 9 heteroatoms. The Morgan fingerprint density at radius 3 is 2.68 bits per heavy atom. The molecule has 1 amide bonds. The van der Waals surface area contributed by atoms with Crippen LogP contribution in [0.1, 0.15) is 47.8 Å². The zero-order chi connectivity index (χ0) is 26.6. The predicted octanol–water partition coefficient (Wildman–Crippen LogP) is 4.46. The number of nitrogens with zero attached hydrogens (tertiary/aromatic N) is 5. The monoisotopic (exact) mass is 512 g/mol. The van der Waals surface area contributed by atoms with Gasteiger partial charge in [-0.25, -0.2) is 9.97 Å². The number of carbonyl (C=O) groups excluding carboxylic acids is 1. The predicted molar refractivity (Wildman–Crippen MR) is 153 cm³/mol. The Kier molecular flexibility index (Phi) is 7.55. The topological polar surface area (TPSA) is 98.3 Å². The lowest BCUT2D eigenvalue weighted by molar-refractivity contribution is 0.0958. The SMILES string of the molecule is C=CCNC(=O)c1cnc(Nc2ccc(N3CCN(C)[C@@H](C)C3)cc2)nc1Nc1ccc2c(n1)C(C)CC2. The van der Waals surface area contributed by atoms with Crippen molar-refractivity contribution in [1.82, 2.24) is 25.2 Å². The highest BCUT2D eigenvalue weighted by Gasteiger charge is 2.22. The van der Waals surface area contributed by atoms with Crippen molar-refractivity contribution in [3.63, 3.8) is 0 Å². The molecular formula is C29H36N8O. The summed E-state index contributed by atoms with van der Waals surface area (Å²) in [5.41, 5.74) is 4.80. The van der Waals surface area contributed by atoms with Crippen LogP contribution in [-0.2, 0) is 6.42 Å². The standard InChI is InChI=1S/C29H36N8O/c1-5-14-30-28(38)24-17-31-29(35-27(24)34-25-13-8-21-7-6-19(2)26(21)33-25)32-22-9-11-23(12-10-22)37-16-15-36(4)20(3)18-37/h5,8-13,17,19-20H,1,6-7,14-16,18H2,2-4H3,(H,30,38)(H2,31,32,33,34,35)/t19?,20-/m0/s1. The van der Waals surface area contributed by atoms with Crippen LogP contribution in [0, 0.1) is 0 Å². The third-order valence-electron chi connectivity index (χ3n) is 7.46. The lowest BCUT2D eigenvalue weighted by Crippen LogP contribution is -2.50. The van der Waals surface area contributed by atoms with Crippen molar-refractivity contribution in [2.75, 3.05) is 48.8 Å². The van der Waals surface area contributed by atoms with Crippen LogP contribution in [0.15, 0.2) is 55.3 Å². The summed E-state index contributed by atoms with van der Waals surface area (Å²) >= 11 is 0. The van der Waals surface area contributed by atoms with Crippen molar-refractivity contribution in [2.45, 2.75) is 38.6 Å². The zero-order valence-electron chi connectivity index (χ0n) is 22.4. The van der Waals surface area contributed by atoms with E-state index in [9.17, 15) is 4.79 Å². The summed E-state index contributed by atoms with van der Waals surface area (Å²) in [7, 11) is 2.17. The first kappa shape index (κ1) is 25.7. The van der Waals surface area contributed by atoms with Crippen molar-refractivity contribution < 1.29 is 4.79 Å². The number of likely N-dealkylation sites (N-methyl/N-ethyl adjacent to an activating group) is 1. The van der Waals surface area contributed by atoms with Crippen molar-refractivity contribution in [3.8, 4) is 0 Å². The number of rotatable bonds is 8. The Bertz CT molecular complexity index is 1310. The molecule has 0 radical (unpaired) electrons. The number of anilines is 5. The van der Waals surface area contributed by atoms with Gasteiger partial charge < -0.3 is 25.8 Å². The summed E-state index contributed by atoms with van der Waals surface area (Å²) in [4.78, 5) is 31.5. The summed E-state index contributed by atoms with van der Waals surface area (Å²) in [5, 5.41) is 9.35. The van der Waals surface area contributed by atoms with E-state index in [0.717, 1.165) is 43.9 Å². The molecule has 0 spiro atoms. The number of aromatic nitrogens is 3. The van der Waals surface area contributed by atoms with Gasteiger partial charge in [0, 0.05) is 55.5 Å². The maximum absolute atomic E-state index is 12.8. The Morgan fingerprint density at radius 1 is 1.11 bits per heavy atom. The molecule has 9 nitrogen and oxygen atoms in total. The van der Waals surface area contributed by atoms with E-state index < -0.39 is 0 Å². The molecule has 1 unspecified atom stereocenters. The maximum Gasteiger partial charge on any atom is 0.256 e. The summed E-state index contributed by atoms with van der Waals surface area (Å²) in [6.07, 6.45) is 5.33. The quantitative estimate of drug-likeness (QED) is 0.381. The minimum absolute atomic E-state index is 0.278. The van der Waals surface area contributed by atoms with Gasteiger partial charge in [0.05, 0.1) is 0 Å². The molecule has 1 aromatic carbocycles. The lowest BCUT2D eigenvalue weighted by atomic mass is 10.1. The number of fused-ring (bicyclic) bond motifs is 1. The molecule has 3 heterocycles. The first-order valence-electron chi connectivity index (χ1n) is 13.3. The normalized spacial score (nSPS) is 19.1. The molecule has 198 valence electrons. The number of aryl methyl sites for hydroxylation is 1. The second-order valence-electron chi connectivity index (χ2n) is 10.2. The van der Waals surface area contributed by atoms with E-state index in [1.807, 2.05) is 18.2 Å². The third-order valence-corrected chi connectivity index (χ3v) is 7.46. The van der Waals surface area contributed by atoms with Crippen LogP contribution in [0.5, 0.6) is 0 Å². The van der Waals surface area contributed by atoms with E-state index in [4.69, 9.17) is 4.98 Å². The third kappa shape index (κ3) is 5.62. The van der Waals surface area contributed by atoms with Crippen LogP contribution >= 0.6 is 0 Å². The van der Waals surface area contributed by atoms with Crippen LogP contribution in [0.3, 0.4) is 0 Å². The fourth-order valence-electron chi connectivity index (χ4n) is 4.97. The van der Waals surface area contributed by atoms with E-state index in [2.05, 4.69) is 81.4 Å². The number of pyridine rings is 1. The number of hydrogen-bond donors (Lipinski definition) is 3. The van der Waals surface area contributed by atoms with E-state index >= 15 is 0 Å². The number of nitrogens with one attached hydrogen (secondary N) is 3. The molecule has 1 saturated heterocycles. The Morgan fingerprint density at radius 2 is 1.92 bits per heavy atom. The number of carbonyl (C=O) groups is 1. The number of benzene rings is 1. The van der Waals surface area contributed by atoms with Gasteiger partial charge in [-0.1, -0.05) is 19.1 Å². The molecule has 1 fully saturated rings. The van der Waals surface area contributed by atoms with Crippen molar-refractivity contribution in [3.05, 3.63) is 72.1 Å². The summed E-state index contributed by atoms with van der Waals surface area (Å²) < 4.78 is 0. The average Bonchev–Trinajstić information content (AvgIpc) is 3.29. The largest absolute Gasteiger partial charge is 0.369 e. The first-order chi connectivity index (χ1) is 18.4. The second kappa shape index (κ2) is 11.2. The van der Waals surface area contributed by atoms with Gasteiger partial charge in [0.2, 0.25) is 5.95 Å². The molecule has 1 aliphatic carbocycles. The molecule has 0 saturated carbocycles. The van der Waals surface area contributed by atoms with Crippen LogP contribution < -0.4 is 20.9 Å². The molecule has 38 heavy (non-hydrogen) atoms. The first-order valence-corrected chi connectivity index (χ1v) is 13.3. The van der Waals surface area contributed by atoms with Crippen molar-refractivity contribution in [2.24, 2.45) is 0 Å². The summed E-state index contributed by atoms with van der Waals surface area (Å²) in [6, 6.07) is 12.9. The summed E-state index contributed by atoms with van der Waals surface area (Å²) in [5.74, 6) is 1.58. The highest BCUT2D eigenvalue weighted by molar-refractivity contribution is 5.99. The van der Waals surface area contributed by atoms with Crippen LogP contribution in [0.4, 0.5) is 29.0 Å². The average molecular weight is 513 g/mol. The molecule has 2 aliphatic rings. The molecule has 2 aromatic heterocycles. The molecule has 0 bridgehead atoms. The van der Waals surface area contributed by atoms with Gasteiger partial charge in [0.1, 0.15) is 17.2 Å². The number of amides is 1. The maximum atomic E-state index is 12.8. The smallest absolute Gasteiger partial charge is 0.256 e. The fourth-order valence-corrected chi connectivity index (χ4v) is 4.97. The van der Waals surface area contributed by atoms with Gasteiger partial charge in [-0.05, 0) is 68.6 Å². The highest BCUT2D eigenvalue weighted by Crippen LogP contribution is 2.32. The molecule has 2 atom stereocenters. The Hall–Kier alpha value is -3.98. The van der Waals surface area contributed by atoms with E-state index in [0.29, 0.717) is 41.7 Å². The molecule has 3 aromatic rings. The highest BCUT2D eigenvalue weighted by atomic mass is 16.1. The van der Waals surface area contributed by atoms with Gasteiger partial charge in [-0.2, -0.15) is 4.98 Å². The lowest BCUT2D eigenvalue weighted by Gasteiger charge is -2.39. The van der Waals surface area contributed by atoms with Gasteiger partial charge in [0.15, 0.2) is 0 Å². The van der Waals surface area contributed by atoms with Gasteiger partial charge in [0.25, 0.3) is 5.91 Å². The minimum atomic E-state index is -0.278. The van der Waals surface area contributed by atoms with Gasteiger partial charge in [-0.15, -0.1) is 6.58 Å². The van der Waals surface area contributed by atoms with E-state index in [-0.39, 0.29) is 5.91 Å². The number of hydrogen-bond acceptors (Lipinski definition) is 8. The van der Waals surface area contributed by atoms with Crippen molar-refractivity contribution >= 4 is 34.9 Å². The van der Waals surface area contributed by atoms with Crippen LogP contribution in [0.25, 0.3) is 0 Å². The Balaban J connectivity index is 1.36. The van der Waals surface area contributed by atoms with E-state index in [1.54, 1.807) is 6.08 Å². The van der Waals surface area contributed by atoms with Gasteiger partial charge >= 0.3 is 0 Å². The van der Waals surface area contributed by atoms with E-state index in [1.165, 1.54) is 17.4 Å². The van der Waals surface area contributed by atoms with Gasteiger partial charge in [-0.3, -0.25) is 4.79 Å². The molecular weight excluding hydrogens is 476 g/mol.